The molecule has 0 aromatic heterocycles. The highest BCUT2D eigenvalue weighted by atomic mass is 35.5. The molecule has 0 bridgehead atoms. The van der Waals surface area contributed by atoms with E-state index in [4.69, 9.17) is 32.4 Å². The van der Waals surface area contributed by atoms with Crippen molar-refractivity contribution >= 4 is 11.6 Å². The average molecular weight is 383 g/mol. The number of aliphatic hydroxyl groups is 1. The molecule has 1 aliphatic rings. The Bertz CT molecular complexity index is 935. The lowest BCUT2D eigenvalue weighted by atomic mass is 9.96. The van der Waals surface area contributed by atoms with Crippen molar-refractivity contribution in [2.24, 2.45) is 0 Å². The predicted molar refractivity (Wildman–Crippen MR) is 106 cm³/mol. The fraction of sp³-hybridized carbons (Fsp3) is 0.429. The van der Waals surface area contributed by atoms with Gasteiger partial charge in [-0.15, -0.1) is 0 Å². The molecule has 1 unspecified atom stereocenters. The molecule has 0 spiro atoms. The molecule has 4 nitrogen and oxygen atoms in total. The second-order valence-corrected chi connectivity index (χ2v) is 6.11. The van der Waals surface area contributed by atoms with Crippen LogP contribution < -0.4 is 0 Å². The topological polar surface area (TPSA) is 35.9 Å². The van der Waals surface area contributed by atoms with E-state index in [1.165, 1.54) is 0 Å². The molecule has 0 aliphatic carbocycles. The smallest absolute Gasteiger partial charge is 0.0698 e. The molecule has 1 saturated heterocycles. The second-order valence-electron chi connectivity index (χ2n) is 5.67. The Labute approximate surface area is 172 Å². The van der Waals surface area contributed by atoms with Gasteiger partial charge in [0.05, 0.1) is 25.9 Å². The number of hydrogen-bond donors (Lipinski definition) is 1. The summed E-state index contributed by atoms with van der Waals surface area (Å²) in [6.45, 7) is -12.9. The summed E-state index contributed by atoms with van der Waals surface area (Å²) in [6.07, 6.45) is 0. The van der Waals surface area contributed by atoms with E-state index in [-0.39, 0.29) is 19.8 Å². The fourth-order valence-corrected chi connectivity index (χ4v) is 2.74. The van der Waals surface area contributed by atoms with Crippen LogP contribution in [0.25, 0.3) is 0 Å². The summed E-state index contributed by atoms with van der Waals surface area (Å²) in [7, 11) is 0. The molecule has 1 atom stereocenters. The predicted octanol–water partition coefficient (Wildman–Crippen LogP) is 3.06. The molecule has 1 fully saturated rings. The van der Waals surface area contributed by atoms with Gasteiger partial charge in [-0.3, -0.25) is 9.80 Å². The largest absolute Gasteiger partial charge is 0.394 e. The Kier molecular flexibility index (Phi) is 4.41. The molecule has 0 amide bonds. The zero-order chi connectivity index (χ0) is 25.4. The Morgan fingerprint density at radius 2 is 1.62 bits per heavy atom. The van der Waals surface area contributed by atoms with Crippen molar-refractivity contribution < 1.29 is 20.8 Å². The Morgan fingerprint density at radius 1 is 0.962 bits per heavy atom. The van der Waals surface area contributed by atoms with Gasteiger partial charge in [0.25, 0.3) is 0 Å². The molecule has 1 heterocycles. The molecular formula is C21H27ClN2O2. The number of aliphatic hydroxyl groups excluding tert-OH is 1. The molecule has 1 N–H and O–H groups in total. The van der Waals surface area contributed by atoms with Crippen molar-refractivity contribution in [2.45, 2.75) is 6.04 Å². The number of rotatable bonds is 8. The third-order valence-electron chi connectivity index (χ3n) is 3.86. The van der Waals surface area contributed by atoms with E-state index < -0.39 is 38.6 Å². The van der Waals surface area contributed by atoms with Crippen molar-refractivity contribution in [2.75, 3.05) is 52.4 Å². The van der Waals surface area contributed by atoms with Crippen LogP contribution in [0.4, 0.5) is 0 Å². The minimum Gasteiger partial charge on any atom is -0.394 e. The van der Waals surface area contributed by atoms with Gasteiger partial charge in [-0.1, -0.05) is 54.1 Å². The fourth-order valence-electron chi connectivity index (χ4n) is 2.62. The average Bonchev–Trinajstić information content (AvgIpc) is 2.77. The first-order valence-corrected chi connectivity index (χ1v) is 8.74. The van der Waals surface area contributed by atoms with E-state index in [1.807, 2.05) is 0 Å². The summed E-state index contributed by atoms with van der Waals surface area (Å²) in [5, 5.41) is 9.30. The molecular weight excluding hydrogens is 348 g/mol. The van der Waals surface area contributed by atoms with Crippen molar-refractivity contribution in [1.82, 2.24) is 9.80 Å². The number of hydrogen-bond acceptors (Lipinski definition) is 4. The van der Waals surface area contributed by atoms with Gasteiger partial charge in [-0.25, -0.2) is 0 Å². The van der Waals surface area contributed by atoms with E-state index >= 15 is 0 Å². The molecule has 2 aromatic rings. The highest BCUT2D eigenvalue weighted by Gasteiger charge is 2.26. The summed E-state index contributed by atoms with van der Waals surface area (Å²) < 4.78 is 74.8. The van der Waals surface area contributed by atoms with Gasteiger partial charge in [0, 0.05) is 48.5 Å². The van der Waals surface area contributed by atoms with Gasteiger partial charge in [0.1, 0.15) is 0 Å². The first-order valence-electron chi connectivity index (χ1n) is 12.4. The third-order valence-corrected chi connectivity index (χ3v) is 4.12. The van der Waals surface area contributed by atoms with Crippen molar-refractivity contribution in [3.63, 3.8) is 0 Å². The number of halogens is 1. The Hall–Kier alpha value is -1.43. The SMILES string of the molecule is [2H]C1([2H])N(CCOCCO)C([2H])([2H])C([2H])([2H])N(C(c2ccccc2)c2ccc(Cl)cc2)C1([2H])[2H]. The van der Waals surface area contributed by atoms with Crippen molar-refractivity contribution in [3.8, 4) is 0 Å². The van der Waals surface area contributed by atoms with E-state index in [0.29, 0.717) is 25.9 Å². The van der Waals surface area contributed by atoms with Crippen LogP contribution in [-0.4, -0.2) is 67.3 Å². The lowest BCUT2D eigenvalue weighted by molar-refractivity contribution is 0.0522. The molecule has 5 heteroatoms. The summed E-state index contributed by atoms with van der Waals surface area (Å²) in [6, 6.07) is 13.6. The highest BCUT2D eigenvalue weighted by molar-refractivity contribution is 6.30. The lowest BCUT2D eigenvalue weighted by Crippen LogP contribution is -2.48. The van der Waals surface area contributed by atoms with Crippen molar-refractivity contribution in [1.29, 1.82) is 0 Å². The molecule has 2 aromatic carbocycles. The van der Waals surface area contributed by atoms with Crippen LogP contribution in [0.5, 0.6) is 0 Å². The van der Waals surface area contributed by atoms with Gasteiger partial charge in [0.15, 0.2) is 0 Å². The van der Waals surface area contributed by atoms with Crippen LogP contribution in [0.1, 0.15) is 28.1 Å². The number of nitrogens with zero attached hydrogens (tertiary/aromatic N) is 2. The molecule has 0 radical (unpaired) electrons. The summed E-state index contributed by atoms with van der Waals surface area (Å²) in [4.78, 5) is 1.17. The van der Waals surface area contributed by atoms with Crippen molar-refractivity contribution in [3.05, 3.63) is 70.7 Å². The second kappa shape index (κ2) is 10.0. The first-order chi connectivity index (χ1) is 15.8. The maximum atomic E-state index is 8.88. The Morgan fingerprint density at radius 3 is 2.27 bits per heavy atom. The number of piperazine rings is 1. The summed E-state index contributed by atoms with van der Waals surface area (Å²) >= 11 is 6.02. The normalized spacial score (nSPS) is 29.6. The number of benzene rings is 2. The zero-order valence-electron chi connectivity index (χ0n) is 22.2. The minimum absolute atomic E-state index is 0.0571. The van der Waals surface area contributed by atoms with Crippen LogP contribution in [-0.2, 0) is 4.74 Å². The maximum absolute atomic E-state index is 8.88. The zero-order valence-corrected chi connectivity index (χ0v) is 15.0. The molecule has 3 rings (SSSR count). The summed E-state index contributed by atoms with van der Waals surface area (Å²) in [5.74, 6) is 0. The van der Waals surface area contributed by atoms with Gasteiger partial charge in [-0.05, 0) is 23.3 Å². The molecule has 1 aliphatic heterocycles. The van der Waals surface area contributed by atoms with Gasteiger partial charge >= 0.3 is 0 Å². The van der Waals surface area contributed by atoms with Gasteiger partial charge < -0.3 is 9.84 Å². The van der Waals surface area contributed by atoms with Crippen LogP contribution in [0, 0.1) is 0 Å². The van der Waals surface area contributed by atoms with Gasteiger partial charge in [0.2, 0.25) is 0 Å². The molecule has 140 valence electrons. The van der Waals surface area contributed by atoms with Crippen LogP contribution in [0.15, 0.2) is 54.6 Å². The lowest BCUT2D eigenvalue weighted by Gasteiger charge is -2.39. The molecule has 0 saturated carbocycles. The quantitative estimate of drug-likeness (QED) is 0.712. The van der Waals surface area contributed by atoms with E-state index in [2.05, 4.69) is 0 Å². The van der Waals surface area contributed by atoms with Gasteiger partial charge in [-0.2, -0.15) is 0 Å². The maximum Gasteiger partial charge on any atom is 0.0698 e. The number of ether oxygens (including phenoxy) is 1. The molecule has 26 heavy (non-hydrogen) atoms. The van der Waals surface area contributed by atoms with E-state index in [9.17, 15) is 0 Å². The first kappa shape index (κ1) is 11.4. The minimum atomic E-state index is -2.99. The highest BCUT2D eigenvalue weighted by Crippen LogP contribution is 2.30. The third kappa shape index (κ3) is 5.29. The van der Waals surface area contributed by atoms with E-state index in [1.54, 1.807) is 54.6 Å². The monoisotopic (exact) mass is 382 g/mol. The van der Waals surface area contributed by atoms with Crippen LogP contribution in [0.2, 0.25) is 5.02 Å². The van der Waals surface area contributed by atoms with Crippen LogP contribution in [0.3, 0.4) is 0 Å². The van der Waals surface area contributed by atoms with E-state index in [0.717, 1.165) is 0 Å². The standard InChI is InChI=1S/C21H27ClN2O2/c22-20-8-6-19(7-9-20)21(18-4-2-1-3-5-18)24-12-10-23(11-13-24)14-16-26-17-15-25/h1-9,21,25H,10-17H2/i10D2,11D2,12D2,13D2. The van der Waals surface area contributed by atoms with Crippen LogP contribution >= 0.6 is 11.6 Å². The Balaban J connectivity index is 2.17. The summed E-state index contributed by atoms with van der Waals surface area (Å²) in [5.41, 5.74) is 0.888.